The van der Waals surface area contributed by atoms with Gasteiger partial charge in [0.25, 0.3) is 0 Å². The second kappa shape index (κ2) is 7.89. The SMILES string of the molecule is CN(CCNC(=O)NCc1cccnc1)c1ccccc1. The lowest BCUT2D eigenvalue weighted by Gasteiger charge is -2.19. The lowest BCUT2D eigenvalue weighted by atomic mass is 10.3. The number of hydrogen-bond acceptors (Lipinski definition) is 3. The number of anilines is 1. The molecule has 0 aliphatic rings. The number of aromatic nitrogens is 1. The lowest BCUT2D eigenvalue weighted by molar-refractivity contribution is 0.240. The number of carbonyl (C=O) groups is 1. The Bertz CT molecular complexity index is 545. The molecule has 0 aliphatic heterocycles. The van der Waals surface area contributed by atoms with Gasteiger partial charge in [-0.15, -0.1) is 0 Å². The molecule has 0 radical (unpaired) electrons. The lowest BCUT2D eigenvalue weighted by Crippen LogP contribution is -2.39. The molecule has 0 bridgehead atoms. The summed E-state index contributed by atoms with van der Waals surface area (Å²) in [5, 5.41) is 5.65. The van der Waals surface area contributed by atoms with Crippen LogP contribution in [-0.2, 0) is 6.54 Å². The largest absolute Gasteiger partial charge is 0.373 e. The average molecular weight is 284 g/mol. The van der Waals surface area contributed by atoms with Crippen LogP contribution in [0.2, 0.25) is 0 Å². The zero-order valence-corrected chi connectivity index (χ0v) is 12.1. The van der Waals surface area contributed by atoms with E-state index >= 15 is 0 Å². The van der Waals surface area contributed by atoms with E-state index in [9.17, 15) is 4.79 Å². The molecule has 0 fully saturated rings. The fourth-order valence-electron chi connectivity index (χ4n) is 1.90. The van der Waals surface area contributed by atoms with Crippen LogP contribution in [0.25, 0.3) is 0 Å². The van der Waals surface area contributed by atoms with Crippen molar-refractivity contribution in [3.8, 4) is 0 Å². The van der Waals surface area contributed by atoms with E-state index in [0.717, 1.165) is 17.8 Å². The van der Waals surface area contributed by atoms with Crippen molar-refractivity contribution in [1.29, 1.82) is 0 Å². The molecule has 0 aliphatic carbocycles. The quantitative estimate of drug-likeness (QED) is 0.853. The predicted octanol–water partition coefficient (Wildman–Crippen LogP) is 2.02. The Labute approximate surface area is 125 Å². The van der Waals surface area contributed by atoms with Crippen molar-refractivity contribution in [3.05, 3.63) is 60.4 Å². The first-order valence-electron chi connectivity index (χ1n) is 6.92. The summed E-state index contributed by atoms with van der Waals surface area (Å²) >= 11 is 0. The van der Waals surface area contributed by atoms with Crippen LogP contribution in [0.3, 0.4) is 0 Å². The molecule has 0 saturated carbocycles. The standard InChI is InChI=1S/C16H20N4O/c1-20(15-7-3-2-4-8-15)11-10-18-16(21)19-13-14-6-5-9-17-12-14/h2-9,12H,10-11,13H2,1H3,(H2,18,19,21). The molecule has 110 valence electrons. The number of benzene rings is 1. The third-order valence-electron chi connectivity index (χ3n) is 3.11. The average Bonchev–Trinajstić information content (AvgIpc) is 2.54. The van der Waals surface area contributed by atoms with Crippen molar-refractivity contribution in [3.63, 3.8) is 0 Å². The fraction of sp³-hybridized carbons (Fsp3) is 0.250. The van der Waals surface area contributed by atoms with Crippen molar-refractivity contribution >= 4 is 11.7 Å². The van der Waals surface area contributed by atoms with Gasteiger partial charge in [0, 0.05) is 44.8 Å². The van der Waals surface area contributed by atoms with Gasteiger partial charge in [0.15, 0.2) is 0 Å². The van der Waals surface area contributed by atoms with Crippen molar-refractivity contribution in [2.24, 2.45) is 0 Å². The number of likely N-dealkylation sites (N-methyl/N-ethyl adjacent to an activating group) is 1. The van der Waals surface area contributed by atoms with Crippen LogP contribution in [0.4, 0.5) is 10.5 Å². The Kier molecular flexibility index (Phi) is 5.58. The van der Waals surface area contributed by atoms with Crippen LogP contribution in [0, 0.1) is 0 Å². The van der Waals surface area contributed by atoms with Gasteiger partial charge in [0.1, 0.15) is 0 Å². The van der Waals surface area contributed by atoms with E-state index in [2.05, 4.69) is 20.5 Å². The molecule has 2 aromatic rings. The molecule has 0 unspecified atom stereocenters. The highest BCUT2D eigenvalue weighted by Gasteiger charge is 2.02. The molecule has 2 rings (SSSR count). The Balaban J connectivity index is 1.65. The third-order valence-corrected chi connectivity index (χ3v) is 3.11. The monoisotopic (exact) mass is 284 g/mol. The van der Waals surface area contributed by atoms with Crippen molar-refractivity contribution in [1.82, 2.24) is 15.6 Å². The molecule has 0 saturated heterocycles. The minimum Gasteiger partial charge on any atom is -0.373 e. The number of urea groups is 1. The predicted molar refractivity (Wildman–Crippen MR) is 84.2 cm³/mol. The summed E-state index contributed by atoms with van der Waals surface area (Å²) in [6.45, 7) is 1.82. The van der Waals surface area contributed by atoms with E-state index in [4.69, 9.17) is 0 Å². The van der Waals surface area contributed by atoms with Gasteiger partial charge in [-0.2, -0.15) is 0 Å². The number of rotatable bonds is 6. The van der Waals surface area contributed by atoms with Crippen LogP contribution < -0.4 is 15.5 Å². The van der Waals surface area contributed by atoms with Gasteiger partial charge in [-0.1, -0.05) is 24.3 Å². The van der Waals surface area contributed by atoms with Crippen LogP contribution >= 0.6 is 0 Å². The van der Waals surface area contributed by atoms with E-state index in [-0.39, 0.29) is 6.03 Å². The summed E-state index contributed by atoms with van der Waals surface area (Å²) in [5.41, 5.74) is 2.11. The second-order valence-electron chi connectivity index (χ2n) is 4.73. The van der Waals surface area contributed by atoms with Crippen LogP contribution in [-0.4, -0.2) is 31.2 Å². The topological polar surface area (TPSA) is 57.3 Å². The van der Waals surface area contributed by atoms with E-state index in [1.165, 1.54) is 0 Å². The van der Waals surface area contributed by atoms with E-state index in [1.807, 2.05) is 49.5 Å². The highest BCUT2D eigenvalue weighted by Crippen LogP contribution is 2.09. The number of carbonyl (C=O) groups excluding carboxylic acids is 1. The first-order chi connectivity index (χ1) is 10.3. The molecule has 2 amide bonds. The molecule has 5 nitrogen and oxygen atoms in total. The van der Waals surface area contributed by atoms with Gasteiger partial charge >= 0.3 is 6.03 Å². The minimum absolute atomic E-state index is 0.166. The van der Waals surface area contributed by atoms with E-state index in [1.54, 1.807) is 12.4 Å². The number of para-hydroxylation sites is 1. The number of amides is 2. The number of hydrogen-bond donors (Lipinski definition) is 2. The van der Waals surface area contributed by atoms with Gasteiger partial charge in [-0.05, 0) is 23.8 Å². The van der Waals surface area contributed by atoms with Crippen LogP contribution in [0.1, 0.15) is 5.56 Å². The maximum Gasteiger partial charge on any atom is 0.315 e. The van der Waals surface area contributed by atoms with Crippen molar-refractivity contribution in [2.45, 2.75) is 6.54 Å². The first-order valence-corrected chi connectivity index (χ1v) is 6.92. The van der Waals surface area contributed by atoms with Gasteiger partial charge in [-0.25, -0.2) is 4.79 Å². The highest BCUT2D eigenvalue weighted by molar-refractivity contribution is 5.73. The van der Waals surface area contributed by atoms with Gasteiger partial charge < -0.3 is 15.5 Å². The maximum absolute atomic E-state index is 11.7. The Morgan fingerprint density at radius 1 is 1.14 bits per heavy atom. The zero-order chi connectivity index (χ0) is 14.9. The normalized spacial score (nSPS) is 9.95. The summed E-state index contributed by atoms with van der Waals surface area (Å²) in [4.78, 5) is 17.8. The van der Waals surface area contributed by atoms with E-state index in [0.29, 0.717) is 13.1 Å². The molecular weight excluding hydrogens is 264 g/mol. The summed E-state index contributed by atoms with van der Waals surface area (Å²) in [5.74, 6) is 0. The third kappa shape index (κ3) is 5.14. The van der Waals surface area contributed by atoms with E-state index < -0.39 is 0 Å². The molecular formula is C16H20N4O. The van der Waals surface area contributed by atoms with Gasteiger partial charge in [0.05, 0.1) is 0 Å². The summed E-state index contributed by atoms with van der Waals surface area (Å²) in [6, 6.07) is 13.7. The van der Waals surface area contributed by atoms with Crippen LogP contribution in [0.15, 0.2) is 54.9 Å². The number of pyridine rings is 1. The Morgan fingerprint density at radius 3 is 2.67 bits per heavy atom. The molecule has 0 atom stereocenters. The molecule has 1 aromatic heterocycles. The minimum atomic E-state index is -0.166. The highest BCUT2D eigenvalue weighted by atomic mass is 16.2. The number of nitrogens with zero attached hydrogens (tertiary/aromatic N) is 2. The number of nitrogens with one attached hydrogen (secondary N) is 2. The molecule has 21 heavy (non-hydrogen) atoms. The summed E-state index contributed by atoms with van der Waals surface area (Å²) < 4.78 is 0. The maximum atomic E-state index is 11.7. The molecule has 0 spiro atoms. The molecule has 1 heterocycles. The van der Waals surface area contributed by atoms with Gasteiger partial charge in [-0.3, -0.25) is 4.98 Å². The van der Waals surface area contributed by atoms with Crippen molar-refractivity contribution < 1.29 is 4.79 Å². The first kappa shape index (κ1) is 14.8. The van der Waals surface area contributed by atoms with Crippen LogP contribution in [0.5, 0.6) is 0 Å². The molecule has 5 heteroatoms. The summed E-state index contributed by atoms with van der Waals surface area (Å²) in [7, 11) is 2.00. The Morgan fingerprint density at radius 2 is 1.95 bits per heavy atom. The second-order valence-corrected chi connectivity index (χ2v) is 4.73. The van der Waals surface area contributed by atoms with Crippen molar-refractivity contribution in [2.75, 3.05) is 25.0 Å². The molecule has 2 N–H and O–H groups in total. The fourth-order valence-corrected chi connectivity index (χ4v) is 1.90. The smallest absolute Gasteiger partial charge is 0.315 e. The van der Waals surface area contributed by atoms with Gasteiger partial charge in [0.2, 0.25) is 0 Å². The summed E-state index contributed by atoms with van der Waals surface area (Å²) in [6.07, 6.45) is 3.45. The Hall–Kier alpha value is -2.56. The molecule has 1 aromatic carbocycles. The zero-order valence-electron chi connectivity index (χ0n) is 12.1.